The molecule has 4 N–H and O–H groups in total. The van der Waals surface area contributed by atoms with Crippen molar-refractivity contribution in [3.8, 4) is 0 Å². The lowest BCUT2D eigenvalue weighted by atomic mass is 10.1. The number of carbonyl (C=O) groups is 2. The van der Waals surface area contributed by atoms with Crippen molar-refractivity contribution in [2.24, 2.45) is 11.7 Å². The standard InChI is InChI=1S/C14H18F3N3O2.ClH/c1-8(2)12(18)13(22)19-7-11(21)20-10-5-3-4-9(6-10)14(15,16)17;/h3-6,8,12H,7,18H2,1-2H3,(H,19,22)(H,20,21);1H/t12-;/m0./s1. The van der Waals surface area contributed by atoms with Gasteiger partial charge in [-0.25, -0.2) is 0 Å². The van der Waals surface area contributed by atoms with E-state index in [-0.39, 0.29) is 30.6 Å². The second-order valence-electron chi connectivity index (χ2n) is 5.11. The van der Waals surface area contributed by atoms with Gasteiger partial charge in [-0.15, -0.1) is 12.4 Å². The first-order valence-electron chi connectivity index (χ1n) is 6.61. The van der Waals surface area contributed by atoms with Crippen LogP contribution >= 0.6 is 12.4 Å². The summed E-state index contributed by atoms with van der Waals surface area (Å²) in [5.41, 5.74) is 4.74. The lowest BCUT2D eigenvalue weighted by Crippen LogP contribution is -2.46. The molecule has 0 heterocycles. The summed E-state index contributed by atoms with van der Waals surface area (Å²) in [6, 6.07) is 3.49. The molecule has 1 aromatic carbocycles. The summed E-state index contributed by atoms with van der Waals surface area (Å²) in [7, 11) is 0. The van der Waals surface area contributed by atoms with Crippen LogP contribution in [0.5, 0.6) is 0 Å². The van der Waals surface area contributed by atoms with Crippen molar-refractivity contribution in [2.45, 2.75) is 26.1 Å². The highest BCUT2D eigenvalue weighted by molar-refractivity contribution is 5.95. The van der Waals surface area contributed by atoms with Gasteiger partial charge >= 0.3 is 6.18 Å². The maximum atomic E-state index is 12.5. The average molecular weight is 354 g/mol. The minimum Gasteiger partial charge on any atom is -0.346 e. The Morgan fingerprint density at radius 3 is 2.39 bits per heavy atom. The van der Waals surface area contributed by atoms with Crippen molar-refractivity contribution < 1.29 is 22.8 Å². The molecule has 0 aliphatic rings. The number of rotatable bonds is 5. The van der Waals surface area contributed by atoms with Gasteiger partial charge in [0.25, 0.3) is 0 Å². The fourth-order valence-electron chi connectivity index (χ4n) is 1.57. The summed E-state index contributed by atoms with van der Waals surface area (Å²) in [5.74, 6) is -1.22. The molecule has 5 nitrogen and oxygen atoms in total. The quantitative estimate of drug-likeness (QED) is 0.758. The fraction of sp³-hybridized carbons (Fsp3) is 0.429. The van der Waals surface area contributed by atoms with E-state index in [1.54, 1.807) is 13.8 Å². The van der Waals surface area contributed by atoms with E-state index in [2.05, 4.69) is 10.6 Å². The molecule has 0 saturated heterocycles. The predicted molar refractivity (Wildman–Crippen MR) is 83.1 cm³/mol. The smallest absolute Gasteiger partial charge is 0.346 e. The average Bonchev–Trinajstić information content (AvgIpc) is 2.43. The molecule has 0 aliphatic heterocycles. The number of benzene rings is 1. The maximum absolute atomic E-state index is 12.5. The Balaban J connectivity index is 0.00000484. The van der Waals surface area contributed by atoms with Crippen LogP contribution in [-0.2, 0) is 15.8 Å². The molecular formula is C14H19ClF3N3O2. The van der Waals surface area contributed by atoms with Crippen molar-refractivity contribution in [2.75, 3.05) is 11.9 Å². The van der Waals surface area contributed by atoms with Crippen LogP contribution in [0.1, 0.15) is 19.4 Å². The lowest BCUT2D eigenvalue weighted by Gasteiger charge is -2.15. The van der Waals surface area contributed by atoms with Gasteiger partial charge in [-0.2, -0.15) is 13.2 Å². The fourth-order valence-corrected chi connectivity index (χ4v) is 1.57. The third-order valence-electron chi connectivity index (χ3n) is 2.92. The van der Waals surface area contributed by atoms with Crippen LogP contribution in [0.15, 0.2) is 24.3 Å². The van der Waals surface area contributed by atoms with E-state index < -0.39 is 29.6 Å². The molecule has 0 unspecified atom stereocenters. The Bertz CT molecular complexity index is 550. The number of alkyl halides is 3. The summed E-state index contributed by atoms with van der Waals surface area (Å²) in [6.45, 7) is 3.15. The van der Waals surface area contributed by atoms with E-state index in [1.165, 1.54) is 12.1 Å². The highest BCUT2D eigenvalue weighted by Gasteiger charge is 2.30. The molecule has 23 heavy (non-hydrogen) atoms. The van der Waals surface area contributed by atoms with E-state index in [0.717, 1.165) is 12.1 Å². The molecule has 1 aromatic rings. The monoisotopic (exact) mass is 353 g/mol. The van der Waals surface area contributed by atoms with Crippen LogP contribution in [0.4, 0.5) is 18.9 Å². The van der Waals surface area contributed by atoms with Gasteiger partial charge in [0.15, 0.2) is 0 Å². The van der Waals surface area contributed by atoms with E-state index in [0.29, 0.717) is 0 Å². The van der Waals surface area contributed by atoms with Gasteiger partial charge < -0.3 is 16.4 Å². The molecule has 0 radical (unpaired) electrons. The lowest BCUT2D eigenvalue weighted by molar-refractivity contribution is -0.137. The molecule has 0 aromatic heterocycles. The van der Waals surface area contributed by atoms with Gasteiger partial charge in [0.1, 0.15) is 0 Å². The van der Waals surface area contributed by atoms with Gasteiger partial charge in [-0.05, 0) is 24.1 Å². The number of hydrogen-bond donors (Lipinski definition) is 3. The topological polar surface area (TPSA) is 84.2 Å². The summed E-state index contributed by atoms with van der Waals surface area (Å²) in [5, 5.41) is 4.61. The third kappa shape index (κ3) is 6.87. The molecule has 1 rings (SSSR count). The van der Waals surface area contributed by atoms with E-state index in [4.69, 9.17) is 5.73 Å². The normalized spacial score (nSPS) is 12.3. The third-order valence-corrected chi connectivity index (χ3v) is 2.92. The Morgan fingerprint density at radius 2 is 1.87 bits per heavy atom. The van der Waals surface area contributed by atoms with Crippen molar-refractivity contribution in [1.82, 2.24) is 5.32 Å². The number of nitrogens with two attached hydrogens (primary N) is 1. The minimum atomic E-state index is -4.49. The van der Waals surface area contributed by atoms with Gasteiger partial charge in [0, 0.05) is 5.69 Å². The zero-order valence-corrected chi connectivity index (χ0v) is 13.4. The van der Waals surface area contributed by atoms with Crippen LogP contribution in [0.25, 0.3) is 0 Å². The number of carbonyl (C=O) groups excluding carboxylic acids is 2. The Morgan fingerprint density at radius 1 is 1.26 bits per heavy atom. The van der Waals surface area contributed by atoms with Gasteiger partial charge in [0.05, 0.1) is 18.2 Å². The number of anilines is 1. The molecule has 9 heteroatoms. The molecular weight excluding hydrogens is 335 g/mol. The van der Waals surface area contributed by atoms with Crippen molar-refractivity contribution in [3.05, 3.63) is 29.8 Å². The van der Waals surface area contributed by atoms with Crippen molar-refractivity contribution in [1.29, 1.82) is 0 Å². The summed E-state index contributed by atoms with van der Waals surface area (Å²) in [6.07, 6.45) is -4.49. The zero-order valence-electron chi connectivity index (χ0n) is 12.6. The van der Waals surface area contributed by atoms with Gasteiger partial charge in [-0.3, -0.25) is 9.59 Å². The minimum absolute atomic E-state index is 0. The molecule has 0 saturated carbocycles. The second-order valence-corrected chi connectivity index (χ2v) is 5.11. The summed E-state index contributed by atoms with van der Waals surface area (Å²) >= 11 is 0. The molecule has 0 bridgehead atoms. The molecule has 130 valence electrons. The largest absolute Gasteiger partial charge is 0.416 e. The molecule has 0 fully saturated rings. The maximum Gasteiger partial charge on any atom is 0.416 e. The van der Waals surface area contributed by atoms with Crippen LogP contribution in [0.3, 0.4) is 0 Å². The molecule has 0 spiro atoms. The number of amides is 2. The van der Waals surface area contributed by atoms with E-state index in [1.807, 2.05) is 0 Å². The molecule has 1 atom stereocenters. The first-order chi connectivity index (χ1) is 10.1. The van der Waals surface area contributed by atoms with Gasteiger partial charge in [-0.1, -0.05) is 19.9 Å². The SMILES string of the molecule is CC(C)[C@H](N)C(=O)NCC(=O)Nc1cccc(C(F)(F)F)c1.Cl. The Kier molecular flexibility index (Phi) is 8.05. The highest BCUT2D eigenvalue weighted by Crippen LogP contribution is 2.30. The van der Waals surface area contributed by atoms with Gasteiger partial charge in [0.2, 0.25) is 11.8 Å². The summed E-state index contributed by atoms with van der Waals surface area (Å²) in [4.78, 5) is 23.2. The van der Waals surface area contributed by atoms with E-state index >= 15 is 0 Å². The van der Waals surface area contributed by atoms with E-state index in [9.17, 15) is 22.8 Å². The summed E-state index contributed by atoms with van der Waals surface area (Å²) < 4.78 is 37.6. The number of halogens is 4. The molecule has 0 aliphatic carbocycles. The van der Waals surface area contributed by atoms with Crippen LogP contribution < -0.4 is 16.4 Å². The zero-order chi connectivity index (χ0) is 16.9. The number of nitrogens with one attached hydrogen (secondary N) is 2. The first kappa shape index (κ1) is 21.2. The number of hydrogen-bond acceptors (Lipinski definition) is 3. The van der Waals surface area contributed by atoms with Crippen LogP contribution in [-0.4, -0.2) is 24.4 Å². The van der Waals surface area contributed by atoms with Crippen LogP contribution in [0.2, 0.25) is 0 Å². The first-order valence-corrected chi connectivity index (χ1v) is 6.61. The second kappa shape index (κ2) is 8.73. The van der Waals surface area contributed by atoms with Crippen LogP contribution in [0, 0.1) is 5.92 Å². The Hall–Kier alpha value is -1.80. The Labute approximate surface area is 138 Å². The highest BCUT2D eigenvalue weighted by atomic mass is 35.5. The van der Waals surface area contributed by atoms with Crippen molar-refractivity contribution in [3.63, 3.8) is 0 Å². The predicted octanol–water partition coefficient (Wildman–Crippen LogP) is 2.17. The molecule has 2 amide bonds. The van der Waals surface area contributed by atoms with Crippen molar-refractivity contribution >= 4 is 29.9 Å².